The van der Waals surface area contributed by atoms with Crippen molar-refractivity contribution in [2.75, 3.05) is 0 Å². The molecule has 0 saturated heterocycles. The maximum absolute atomic E-state index is 0. The summed E-state index contributed by atoms with van der Waals surface area (Å²) in [5, 5.41) is 0. The molecule has 0 fully saturated rings. The van der Waals surface area contributed by atoms with E-state index in [1.165, 1.54) is 0 Å². The monoisotopic (exact) mass is 560 g/mol. The molecule has 0 heterocycles. The third kappa shape index (κ3) is 10.5. The van der Waals surface area contributed by atoms with Crippen molar-refractivity contribution in [3.63, 3.8) is 0 Å². The van der Waals surface area contributed by atoms with Gasteiger partial charge in [0.05, 0.1) is 0 Å². The molecule has 0 amide bonds. The van der Waals surface area contributed by atoms with Crippen molar-refractivity contribution in [3.05, 3.63) is 0 Å². The molecule has 0 spiro atoms. The largest absolute Gasteiger partial charge is 3.00 e. The molecule has 0 aromatic heterocycles. The molecule has 0 aromatic carbocycles. The van der Waals surface area contributed by atoms with Gasteiger partial charge in [-0.3, -0.25) is 0 Å². The normalized spacial score (nSPS) is 0. The van der Waals surface area contributed by atoms with Crippen LogP contribution < -0.4 is 0 Å². The molecule has 0 aromatic rings. The zero-order valence-corrected chi connectivity index (χ0v) is 14.6. The van der Waals surface area contributed by atoms with Crippen molar-refractivity contribution < 1.29 is 167 Å². The van der Waals surface area contributed by atoms with Crippen LogP contribution in [0.3, 0.4) is 0 Å². The van der Waals surface area contributed by atoms with Crippen LogP contribution in [-0.4, -0.2) is 0 Å². The topological polar surface area (TPSA) is 0 Å². The smallest absolute Gasteiger partial charge is 3.00 e. The molecule has 0 N–H and O–H groups in total. The van der Waals surface area contributed by atoms with E-state index in [9.17, 15) is 0 Å². The van der Waals surface area contributed by atoms with E-state index in [1.54, 1.807) is 0 Å². The summed E-state index contributed by atoms with van der Waals surface area (Å²) < 4.78 is 0. The van der Waals surface area contributed by atoms with Gasteiger partial charge in [0.15, 0.2) is 0 Å². The minimum atomic E-state index is 0. The van der Waals surface area contributed by atoms with Gasteiger partial charge in [0, 0.05) is 0 Å². The molecule has 4 valence electrons. The summed E-state index contributed by atoms with van der Waals surface area (Å²) in [6, 6.07) is 0. The van der Waals surface area contributed by atoms with Crippen LogP contribution in [0.2, 0.25) is 0 Å². The van der Waals surface area contributed by atoms with E-state index in [-0.39, 0.29) is 167 Å². The molecular weight excluding hydrogens is 560 g/mol. The van der Waals surface area contributed by atoms with Gasteiger partial charge in [0.25, 0.3) is 0 Å². The van der Waals surface area contributed by atoms with Crippen LogP contribution in [0.15, 0.2) is 0 Å². The molecule has 4 radical (unpaired) electrons. The first-order chi connectivity index (χ1) is 0. The van der Waals surface area contributed by atoms with Crippen molar-refractivity contribution in [3.8, 4) is 0 Å². The van der Waals surface area contributed by atoms with E-state index in [1.807, 2.05) is 0 Å². The van der Waals surface area contributed by atoms with Crippen molar-refractivity contribution in [1.82, 2.24) is 0 Å². The molecule has 4 heteroatoms. The van der Waals surface area contributed by atoms with E-state index in [4.69, 9.17) is 0 Å². The summed E-state index contributed by atoms with van der Waals surface area (Å²) in [6.07, 6.45) is 0. The van der Waals surface area contributed by atoms with Gasteiger partial charge in [-0.05, 0) is 0 Å². The molecule has 0 nitrogen and oxygen atoms in total. The van der Waals surface area contributed by atoms with Gasteiger partial charge in [-0.2, -0.15) is 0 Å². The zero-order chi connectivity index (χ0) is 0. The van der Waals surface area contributed by atoms with E-state index >= 15 is 0 Å². The summed E-state index contributed by atoms with van der Waals surface area (Å²) in [4.78, 5) is 0. The number of hydrogen-bond donors (Lipinski definition) is 0. The van der Waals surface area contributed by atoms with Gasteiger partial charge in [0.1, 0.15) is 0 Å². The summed E-state index contributed by atoms with van der Waals surface area (Å²) in [5.41, 5.74) is 0. The van der Waals surface area contributed by atoms with Gasteiger partial charge < -0.3 is 0 Å². The minimum Gasteiger partial charge on any atom is 3.00 e. The number of rotatable bonds is 0. The van der Waals surface area contributed by atoms with Gasteiger partial charge in [0.2, 0.25) is 0 Å². The van der Waals surface area contributed by atoms with Gasteiger partial charge in [-0.15, -0.1) is 0 Å². The van der Waals surface area contributed by atoms with Crippen LogP contribution in [0.1, 0.15) is 0 Å². The Hall–Kier alpha value is 5.51. The maximum Gasteiger partial charge on any atom is 3.00 e. The average Bonchev–Trinajstić information content (AvgIpc) is 0. The van der Waals surface area contributed by atoms with Gasteiger partial charge in [-0.25, -0.2) is 0 Å². The molecule has 4 heavy (non-hydrogen) atoms. The van der Waals surface area contributed by atoms with E-state index in [0.29, 0.717) is 0 Å². The molecule has 0 atom stereocenters. The third-order valence-electron chi connectivity index (χ3n) is 0. The SMILES string of the molecule is [Ce+3].[Ce+3].[Ce+3].[Ce+3]. The Morgan fingerprint density at radius 3 is 0.250 bits per heavy atom. The molecule has 0 bridgehead atoms. The van der Waals surface area contributed by atoms with E-state index in [2.05, 4.69) is 0 Å². The fraction of sp³-hybridized carbons (Fsp3) is 0. The fourth-order valence-corrected chi connectivity index (χ4v) is 0. The van der Waals surface area contributed by atoms with Crippen molar-refractivity contribution in [2.24, 2.45) is 0 Å². The summed E-state index contributed by atoms with van der Waals surface area (Å²) in [6.45, 7) is 0. The van der Waals surface area contributed by atoms with Gasteiger partial charge in [-0.1, -0.05) is 0 Å². The third-order valence-corrected chi connectivity index (χ3v) is 0. The Morgan fingerprint density at radius 2 is 0.250 bits per heavy atom. The average molecular weight is 560 g/mol. The van der Waals surface area contributed by atoms with Crippen molar-refractivity contribution in [2.45, 2.75) is 0 Å². The first-order valence-corrected chi connectivity index (χ1v) is 0. The first kappa shape index (κ1) is 22.7. The molecule has 0 unspecified atom stereocenters. The predicted molar refractivity (Wildman–Crippen MR) is 0 cm³/mol. The zero-order valence-electron chi connectivity index (χ0n) is 2.00. The summed E-state index contributed by atoms with van der Waals surface area (Å²) >= 11 is 0. The molecule has 0 aliphatic heterocycles. The minimum absolute atomic E-state index is 0. The van der Waals surface area contributed by atoms with Crippen LogP contribution >= 0.6 is 0 Å². The molecule has 0 saturated carbocycles. The van der Waals surface area contributed by atoms with Crippen LogP contribution in [-0.2, 0) is 0 Å². The Kier molecular flexibility index (Phi) is 89.7. The molecule has 0 aliphatic rings. The second-order valence-electron chi connectivity index (χ2n) is 0. The Labute approximate surface area is 161 Å². The Balaban J connectivity index is 0. The summed E-state index contributed by atoms with van der Waals surface area (Å²) in [5.74, 6) is 0. The first-order valence-electron chi connectivity index (χ1n) is 0. The van der Waals surface area contributed by atoms with Crippen LogP contribution in [0, 0.1) is 167 Å². The Morgan fingerprint density at radius 1 is 0.250 bits per heavy atom. The Bertz CT molecular complexity index is 0. The summed E-state index contributed by atoms with van der Waals surface area (Å²) in [7, 11) is 0. The predicted octanol–water partition coefficient (Wildman–Crippen LogP) is 0. The maximum atomic E-state index is 0. The molecule has 0 rings (SSSR count). The van der Waals surface area contributed by atoms with Crippen molar-refractivity contribution in [1.29, 1.82) is 0 Å². The molecular formula is Ce4+12. The van der Waals surface area contributed by atoms with Crippen molar-refractivity contribution >= 4 is 0 Å². The quantitative estimate of drug-likeness (QED) is 0.392. The van der Waals surface area contributed by atoms with Crippen LogP contribution in [0.25, 0.3) is 0 Å². The van der Waals surface area contributed by atoms with Gasteiger partial charge >= 0.3 is 167 Å². The second kappa shape index (κ2) is 15.8. The number of hydrogen-bond acceptors (Lipinski definition) is 0. The standard InChI is InChI=1S/4Ce/q4*+3. The van der Waals surface area contributed by atoms with Crippen LogP contribution in [0.5, 0.6) is 0 Å². The van der Waals surface area contributed by atoms with E-state index in [0.717, 1.165) is 0 Å². The fourth-order valence-electron chi connectivity index (χ4n) is 0. The van der Waals surface area contributed by atoms with E-state index < -0.39 is 0 Å². The molecule has 0 aliphatic carbocycles. The van der Waals surface area contributed by atoms with Crippen LogP contribution in [0.4, 0.5) is 0 Å². The second-order valence-corrected chi connectivity index (χ2v) is 0.